The number of nitrogens with zero attached hydrogens (tertiary/aromatic N) is 4. The Kier molecular flexibility index (Phi) is 5.02. The molecule has 0 aliphatic carbocycles. The normalized spacial score (nSPS) is 17.6. The highest BCUT2D eigenvalue weighted by atomic mass is 32.2. The van der Waals surface area contributed by atoms with Gasteiger partial charge in [-0.3, -0.25) is 9.36 Å². The summed E-state index contributed by atoms with van der Waals surface area (Å²) in [7, 11) is 3.49. The second-order valence-corrected chi connectivity index (χ2v) is 6.55. The third-order valence-corrected chi connectivity index (χ3v) is 4.64. The lowest BCUT2D eigenvalue weighted by Gasteiger charge is -2.14. The van der Waals surface area contributed by atoms with Gasteiger partial charge in [0.15, 0.2) is 10.9 Å². The third kappa shape index (κ3) is 3.76. The van der Waals surface area contributed by atoms with Gasteiger partial charge in [-0.1, -0.05) is 11.8 Å². The molecule has 0 spiro atoms. The molecule has 1 aliphatic heterocycles. The SMILES string of the molecule is CN(C)C(=O)CSc1nnc(-c2ccco2)n1CC1CCCO1. The Balaban J connectivity index is 1.81. The highest BCUT2D eigenvalue weighted by Gasteiger charge is 2.23. The first-order valence-electron chi connectivity index (χ1n) is 7.57. The summed E-state index contributed by atoms with van der Waals surface area (Å²) in [4.78, 5) is 13.4. The number of ether oxygens (including phenoxy) is 1. The predicted octanol–water partition coefficient (Wildman–Crippen LogP) is 1.90. The summed E-state index contributed by atoms with van der Waals surface area (Å²) >= 11 is 1.39. The zero-order chi connectivity index (χ0) is 16.2. The lowest BCUT2D eigenvalue weighted by Crippen LogP contribution is -2.24. The van der Waals surface area contributed by atoms with E-state index < -0.39 is 0 Å². The van der Waals surface area contributed by atoms with Crippen LogP contribution in [0.5, 0.6) is 0 Å². The van der Waals surface area contributed by atoms with E-state index in [-0.39, 0.29) is 12.0 Å². The Morgan fingerprint density at radius 1 is 1.48 bits per heavy atom. The fourth-order valence-corrected chi connectivity index (χ4v) is 3.32. The van der Waals surface area contributed by atoms with Crippen molar-refractivity contribution in [2.75, 3.05) is 26.5 Å². The third-order valence-electron chi connectivity index (χ3n) is 3.69. The number of hydrogen-bond donors (Lipinski definition) is 0. The van der Waals surface area contributed by atoms with E-state index in [4.69, 9.17) is 9.15 Å². The minimum atomic E-state index is 0.0428. The van der Waals surface area contributed by atoms with Gasteiger partial charge in [0.1, 0.15) is 0 Å². The van der Waals surface area contributed by atoms with Gasteiger partial charge in [-0.25, -0.2) is 0 Å². The van der Waals surface area contributed by atoms with Crippen molar-refractivity contribution in [3.05, 3.63) is 18.4 Å². The lowest BCUT2D eigenvalue weighted by molar-refractivity contribution is -0.125. The van der Waals surface area contributed by atoms with Crippen molar-refractivity contribution in [1.29, 1.82) is 0 Å². The molecule has 3 heterocycles. The molecule has 23 heavy (non-hydrogen) atoms. The molecule has 0 aromatic carbocycles. The van der Waals surface area contributed by atoms with E-state index in [1.807, 2.05) is 16.7 Å². The van der Waals surface area contributed by atoms with Crippen LogP contribution in [0.2, 0.25) is 0 Å². The van der Waals surface area contributed by atoms with Crippen LogP contribution in [0.4, 0.5) is 0 Å². The molecule has 124 valence electrons. The number of thioether (sulfide) groups is 1. The maximum absolute atomic E-state index is 11.8. The quantitative estimate of drug-likeness (QED) is 0.750. The summed E-state index contributed by atoms with van der Waals surface area (Å²) in [6.07, 6.45) is 3.87. The standard InChI is InChI=1S/C15H20N4O3S/c1-18(2)13(20)10-23-15-17-16-14(12-6-4-8-22-12)19(15)9-11-5-3-7-21-11/h4,6,8,11H,3,5,7,9-10H2,1-2H3. The van der Waals surface area contributed by atoms with Gasteiger partial charge in [0, 0.05) is 20.7 Å². The fraction of sp³-hybridized carbons (Fsp3) is 0.533. The van der Waals surface area contributed by atoms with Crippen molar-refractivity contribution >= 4 is 17.7 Å². The number of carbonyl (C=O) groups is 1. The molecule has 2 aromatic heterocycles. The topological polar surface area (TPSA) is 73.4 Å². The second-order valence-electron chi connectivity index (χ2n) is 5.61. The summed E-state index contributed by atoms with van der Waals surface area (Å²) < 4.78 is 13.2. The molecule has 0 bridgehead atoms. The summed E-state index contributed by atoms with van der Waals surface area (Å²) in [5.74, 6) is 1.71. The van der Waals surface area contributed by atoms with E-state index in [2.05, 4.69) is 10.2 Å². The molecule has 7 nitrogen and oxygen atoms in total. The molecule has 0 radical (unpaired) electrons. The summed E-state index contributed by atoms with van der Waals surface area (Å²) in [5, 5.41) is 9.19. The Morgan fingerprint density at radius 3 is 3.00 bits per heavy atom. The van der Waals surface area contributed by atoms with Gasteiger partial charge in [0.2, 0.25) is 11.7 Å². The smallest absolute Gasteiger partial charge is 0.232 e. The van der Waals surface area contributed by atoms with Gasteiger partial charge in [-0.05, 0) is 25.0 Å². The van der Waals surface area contributed by atoms with E-state index in [0.717, 1.165) is 19.4 Å². The molecule has 1 aliphatic rings. The van der Waals surface area contributed by atoms with Gasteiger partial charge in [-0.15, -0.1) is 10.2 Å². The average molecular weight is 336 g/mol. The van der Waals surface area contributed by atoms with Crippen molar-refractivity contribution in [2.24, 2.45) is 0 Å². The zero-order valence-corrected chi connectivity index (χ0v) is 14.1. The van der Waals surface area contributed by atoms with E-state index in [9.17, 15) is 4.79 Å². The Labute approximate surface area is 139 Å². The van der Waals surface area contributed by atoms with Crippen molar-refractivity contribution in [3.63, 3.8) is 0 Å². The molecule has 8 heteroatoms. The molecule has 3 rings (SSSR count). The molecular weight excluding hydrogens is 316 g/mol. The van der Waals surface area contributed by atoms with Crippen molar-refractivity contribution in [2.45, 2.75) is 30.6 Å². The predicted molar refractivity (Wildman–Crippen MR) is 86.1 cm³/mol. The summed E-state index contributed by atoms with van der Waals surface area (Å²) in [6.45, 7) is 1.46. The Bertz CT molecular complexity index is 648. The maximum Gasteiger partial charge on any atom is 0.232 e. The second kappa shape index (κ2) is 7.18. The maximum atomic E-state index is 11.8. The minimum absolute atomic E-state index is 0.0428. The number of hydrogen-bond acceptors (Lipinski definition) is 6. The van der Waals surface area contributed by atoms with Crippen LogP contribution in [-0.2, 0) is 16.1 Å². The number of carbonyl (C=O) groups excluding carboxylic acids is 1. The van der Waals surface area contributed by atoms with Crippen LogP contribution in [0.25, 0.3) is 11.6 Å². The highest BCUT2D eigenvalue weighted by molar-refractivity contribution is 7.99. The van der Waals surface area contributed by atoms with Gasteiger partial charge in [0.25, 0.3) is 0 Å². The van der Waals surface area contributed by atoms with Crippen molar-refractivity contribution < 1.29 is 13.9 Å². The molecule has 1 amide bonds. The van der Waals surface area contributed by atoms with E-state index in [1.54, 1.807) is 25.3 Å². The average Bonchev–Trinajstić information content (AvgIpc) is 3.27. The first kappa shape index (κ1) is 16.1. The molecular formula is C15H20N4O3S. The van der Waals surface area contributed by atoms with Crippen LogP contribution in [0, 0.1) is 0 Å². The monoisotopic (exact) mass is 336 g/mol. The van der Waals surface area contributed by atoms with Crippen LogP contribution in [0.1, 0.15) is 12.8 Å². The lowest BCUT2D eigenvalue weighted by atomic mass is 10.2. The molecule has 1 atom stereocenters. The van der Waals surface area contributed by atoms with Crippen LogP contribution in [0.15, 0.2) is 28.0 Å². The number of rotatable bonds is 6. The number of amides is 1. The Hall–Kier alpha value is -1.80. The molecule has 1 fully saturated rings. The molecule has 1 unspecified atom stereocenters. The molecule has 0 N–H and O–H groups in total. The van der Waals surface area contributed by atoms with Crippen molar-refractivity contribution in [3.8, 4) is 11.6 Å². The summed E-state index contributed by atoms with van der Waals surface area (Å²) in [6, 6.07) is 3.68. The van der Waals surface area contributed by atoms with Crippen LogP contribution in [-0.4, -0.2) is 58.1 Å². The zero-order valence-electron chi connectivity index (χ0n) is 13.3. The van der Waals surface area contributed by atoms with E-state index >= 15 is 0 Å². The van der Waals surface area contributed by atoms with Gasteiger partial charge < -0.3 is 14.1 Å². The van der Waals surface area contributed by atoms with Crippen molar-refractivity contribution in [1.82, 2.24) is 19.7 Å². The number of furan rings is 1. The first-order valence-corrected chi connectivity index (χ1v) is 8.55. The largest absolute Gasteiger partial charge is 0.461 e. The van der Waals surface area contributed by atoms with E-state index in [1.165, 1.54) is 11.8 Å². The molecule has 0 saturated carbocycles. The highest BCUT2D eigenvalue weighted by Crippen LogP contribution is 2.26. The Morgan fingerprint density at radius 2 is 2.35 bits per heavy atom. The van der Waals surface area contributed by atoms with Gasteiger partial charge in [0.05, 0.1) is 24.7 Å². The van der Waals surface area contributed by atoms with Gasteiger partial charge in [-0.2, -0.15) is 0 Å². The van der Waals surface area contributed by atoms with Gasteiger partial charge >= 0.3 is 0 Å². The van der Waals surface area contributed by atoms with Crippen LogP contribution >= 0.6 is 11.8 Å². The van der Waals surface area contributed by atoms with Crippen LogP contribution in [0.3, 0.4) is 0 Å². The van der Waals surface area contributed by atoms with E-state index in [0.29, 0.717) is 29.0 Å². The molecule has 1 saturated heterocycles. The minimum Gasteiger partial charge on any atom is -0.461 e. The molecule has 2 aromatic rings. The van der Waals surface area contributed by atoms with Crippen LogP contribution < -0.4 is 0 Å². The fourth-order valence-electron chi connectivity index (χ4n) is 2.40. The number of aromatic nitrogens is 3. The first-order chi connectivity index (χ1) is 11.1. The summed E-state index contributed by atoms with van der Waals surface area (Å²) in [5.41, 5.74) is 0.